The molecular formula is C90H171NO18. The second-order valence-electron chi connectivity index (χ2n) is 33.1. The van der Waals surface area contributed by atoms with E-state index in [2.05, 4.69) is 43.5 Å². The number of nitrogens with one attached hydrogen (secondary N) is 1. The minimum atomic E-state index is -1.97. The van der Waals surface area contributed by atoms with Crippen molar-refractivity contribution in [2.75, 3.05) is 26.4 Å². The predicted octanol–water partition coefficient (Wildman–Crippen LogP) is 17.6. The van der Waals surface area contributed by atoms with Gasteiger partial charge in [-0.1, -0.05) is 385 Å². The second kappa shape index (κ2) is 70.5. The number of unbranched alkanes of at least 4 members (excludes halogenated alkanes) is 56. The lowest BCUT2D eigenvalue weighted by Gasteiger charge is -2.48. The Morgan fingerprint density at radius 2 is 0.606 bits per heavy atom. The van der Waals surface area contributed by atoms with Gasteiger partial charge in [-0.2, -0.15) is 0 Å². The molecule has 3 rings (SSSR count). The van der Waals surface area contributed by atoms with Crippen molar-refractivity contribution in [3.63, 3.8) is 0 Å². The van der Waals surface area contributed by atoms with E-state index in [0.29, 0.717) is 12.8 Å². The van der Waals surface area contributed by atoms with Crippen LogP contribution in [0.15, 0.2) is 24.3 Å². The predicted molar refractivity (Wildman–Crippen MR) is 439 cm³/mol. The van der Waals surface area contributed by atoms with Crippen LogP contribution < -0.4 is 5.32 Å². The fraction of sp³-hybridized carbons (Fsp3) is 0.944. The summed E-state index contributed by atoms with van der Waals surface area (Å²) in [6, 6.07) is -0.887. The molecule has 644 valence electrons. The summed E-state index contributed by atoms with van der Waals surface area (Å²) < 4.78 is 34.6. The van der Waals surface area contributed by atoms with E-state index in [0.717, 1.165) is 51.4 Å². The normalized spacial score (nSPS) is 25.3. The van der Waals surface area contributed by atoms with Crippen LogP contribution in [0, 0.1) is 0 Å². The molecule has 0 bridgehead atoms. The largest absolute Gasteiger partial charge is 0.394 e. The van der Waals surface area contributed by atoms with E-state index in [1.54, 1.807) is 0 Å². The zero-order valence-electron chi connectivity index (χ0n) is 69.6. The van der Waals surface area contributed by atoms with Gasteiger partial charge in [0.25, 0.3) is 0 Å². The van der Waals surface area contributed by atoms with Crippen molar-refractivity contribution in [1.82, 2.24) is 5.32 Å². The van der Waals surface area contributed by atoms with Gasteiger partial charge >= 0.3 is 0 Å². The van der Waals surface area contributed by atoms with E-state index in [1.807, 2.05) is 0 Å². The van der Waals surface area contributed by atoms with Crippen LogP contribution in [0.3, 0.4) is 0 Å². The summed E-state index contributed by atoms with van der Waals surface area (Å²) >= 11 is 0. The number of aliphatic hydroxyl groups is 11. The summed E-state index contributed by atoms with van der Waals surface area (Å²) in [4.78, 5) is 13.5. The summed E-state index contributed by atoms with van der Waals surface area (Å²) in [6.45, 7) is 1.87. The van der Waals surface area contributed by atoms with Crippen molar-refractivity contribution in [2.24, 2.45) is 0 Å². The quantitative estimate of drug-likeness (QED) is 0.0199. The molecule has 109 heavy (non-hydrogen) atoms. The van der Waals surface area contributed by atoms with Gasteiger partial charge in [0.2, 0.25) is 5.91 Å². The van der Waals surface area contributed by atoms with E-state index in [1.165, 1.54) is 327 Å². The molecule has 0 aromatic rings. The Morgan fingerprint density at radius 3 is 0.936 bits per heavy atom. The van der Waals surface area contributed by atoms with E-state index in [-0.39, 0.29) is 18.9 Å². The van der Waals surface area contributed by atoms with Crippen molar-refractivity contribution in [1.29, 1.82) is 0 Å². The highest BCUT2D eigenvalue weighted by molar-refractivity contribution is 5.76. The molecule has 1 amide bonds. The molecule has 17 atom stereocenters. The molecule has 0 aromatic heterocycles. The molecule has 0 aromatic carbocycles. The number of aliphatic hydroxyl groups excluding tert-OH is 11. The van der Waals surface area contributed by atoms with Gasteiger partial charge in [-0.3, -0.25) is 4.79 Å². The highest BCUT2D eigenvalue weighted by atomic mass is 16.8. The Bertz CT molecular complexity index is 2060. The van der Waals surface area contributed by atoms with Crippen molar-refractivity contribution in [3.05, 3.63) is 24.3 Å². The van der Waals surface area contributed by atoms with Crippen LogP contribution in [0.1, 0.15) is 412 Å². The monoisotopic (exact) mass is 1550 g/mol. The first-order valence-electron chi connectivity index (χ1n) is 46.1. The van der Waals surface area contributed by atoms with Gasteiger partial charge in [0.05, 0.1) is 38.6 Å². The molecular weight excluding hydrogens is 1380 g/mol. The molecule has 0 spiro atoms. The molecule has 3 aliphatic rings. The maximum absolute atomic E-state index is 13.5. The number of carbonyl (C=O) groups excluding carboxylic acids is 1. The van der Waals surface area contributed by atoms with Crippen molar-refractivity contribution in [2.45, 2.75) is 516 Å². The minimum absolute atomic E-state index is 0.234. The zero-order valence-corrected chi connectivity index (χ0v) is 69.6. The Kier molecular flexibility index (Phi) is 65.6. The Labute approximate surface area is 664 Å². The average molecular weight is 1560 g/mol. The first-order chi connectivity index (χ1) is 53.3. The number of amides is 1. The number of rotatable bonds is 76. The van der Waals surface area contributed by atoms with E-state index in [9.17, 15) is 61.0 Å². The number of ether oxygens (including phenoxy) is 6. The van der Waals surface area contributed by atoms with Crippen LogP contribution in [0.4, 0.5) is 0 Å². The van der Waals surface area contributed by atoms with Gasteiger partial charge in [0.15, 0.2) is 18.9 Å². The summed E-state index contributed by atoms with van der Waals surface area (Å²) in [5.41, 5.74) is 0. The first-order valence-corrected chi connectivity index (χ1v) is 46.1. The van der Waals surface area contributed by atoms with E-state index >= 15 is 0 Å². The van der Waals surface area contributed by atoms with Crippen molar-refractivity contribution < 1.29 is 89.4 Å². The molecule has 12 N–H and O–H groups in total. The van der Waals surface area contributed by atoms with Crippen molar-refractivity contribution >= 4 is 5.91 Å². The lowest BCUT2D eigenvalue weighted by atomic mass is 9.96. The van der Waals surface area contributed by atoms with Crippen LogP contribution in [0.25, 0.3) is 0 Å². The lowest BCUT2D eigenvalue weighted by molar-refractivity contribution is -0.379. The second-order valence-corrected chi connectivity index (χ2v) is 33.1. The van der Waals surface area contributed by atoms with E-state index in [4.69, 9.17) is 28.4 Å². The topological polar surface area (TPSA) is 307 Å². The third-order valence-corrected chi connectivity index (χ3v) is 23.3. The van der Waals surface area contributed by atoms with Crippen LogP contribution in [0.5, 0.6) is 0 Å². The van der Waals surface area contributed by atoms with Gasteiger partial charge in [-0.15, -0.1) is 0 Å². The third-order valence-electron chi connectivity index (χ3n) is 23.3. The fourth-order valence-electron chi connectivity index (χ4n) is 15.9. The molecule has 19 heteroatoms. The molecule has 3 heterocycles. The summed E-state index contributed by atoms with van der Waals surface area (Å²) in [7, 11) is 0. The molecule has 0 saturated carbocycles. The summed E-state index contributed by atoms with van der Waals surface area (Å²) in [6.07, 6.45) is 61.5. The summed E-state index contributed by atoms with van der Waals surface area (Å²) in [5, 5.41) is 121. The molecule has 3 saturated heterocycles. The van der Waals surface area contributed by atoms with Crippen molar-refractivity contribution in [3.8, 4) is 0 Å². The van der Waals surface area contributed by atoms with Gasteiger partial charge in [0.1, 0.15) is 73.2 Å². The SMILES string of the molecule is CCCCCCC/C=C\C/C=C\CCCCCCCCCCCCCCCCCCCCCC(=O)NC(COC1OC(CO)C(OC2OC(CO)C(OC3OC(CO)C(O)C(O)C3O)C(O)C2O)C(O)C1O)C(O)CCCCCCCCCCCCCCCCCCCCCCCCCCCCCCCCCCC. The molecule has 0 radical (unpaired) electrons. The standard InChI is InChI=1S/C90H171NO18/c1-3-5-7-9-11-13-15-17-19-21-23-25-27-29-31-33-35-36-38-39-41-43-45-47-49-51-53-55-57-59-61-63-65-67-74(95)73(91-78(96)68-66-64-62-60-58-56-54-52-50-48-46-44-42-40-37-34-32-30-28-26-24-22-20-18-16-14-12-10-8-6-4-2)72-104-88-84(102)81(99)86(76(70-93)106-88)109-90-85(103)82(100)87(77(71-94)107-90)108-89-83(101)80(98)79(97)75(69-92)105-89/h16,18,22,24,73-77,79-90,92-95,97-103H,3-15,17,19-21,23,25-72H2,1-2H3,(H,91,96)/b18-16-,24-22-. The van der Waals surface area contributed by atoms with Crippen LogP contribution in [-0.2, 0) is 33.2 Å². The van der Waals surface area contributed by atoms with E-state index < -0.39 is 124 Å². The van der Waals surface area contributed by atoms with Gasteiger partial charge in [-0.25, -0.2) is 0 Å². The van der Waals surface area contributed by atoms with Gasteiger partial charge in [0, 0.05) is 6.42 Å². The van der Waals surface area contributed by atoms with Crippen LogP contribution in [0.2, 0.25) is 0 Å². The molecule has 19 nitrogen and oxygen atoms in total. The first kappa shape index (κ1) is 101. The smallest absolute Gasteiger partial charge is 0.220 e. The number of hydrogen-bond acceptors (Lipinski definition) is 18. The number of allylic oxidation sites excluding steroid dienone is 4. The molecule has 0 aliphatic carbocycles. The van der Waals surface area contributed by atoms with Crippen LogP contribution >= 0.6 is 0 Å². The van der Waals surface area contributed by atoms with Gasteiger partial charge < -0.3 is 89.9 Å². The maximum Gasteiger partial charge on any atom is 0.220 e. The molecule has 3 fully saturated rings. The number of hydrogen-bond donors (Lipinski definition) is 12. The van der Waals surface area contributed by atoms with Gasteiger partial charge in [-0.05, 0) is 44.9 Å². The maximum atomic E-state index is 13.5. The Hall–Kier alpha value is -1.73. The zero-order chi connectivity index (χ0) is 78.8. The molecule has 3 aliphatic heterocycles. The molecule has 17 unspecified atom stereocenters. The average Bonchev–Trinajstić information content (AvgIpc) is 0.782. The lowest BCUT2D eigenvalue weighted by Crippen LogP contribution is -2.66. The number of carbonyl (C=O) groups is 1. The fourth-order valence-corrected chi connectivity index (χ4v) is 15.9. The minimum Gasteiger partial charge on any atom is -0.394 e. The Morgan fingerprint density at radius 1 is 0.330 bits per heavy atom. The highest BCUT2D eigenvalue weighted by Crippen LogP contribution is 2.34. The summed E-state index contributed by atoms with van der Waals surface area (Å²) in [5.74, 6) is -0.234. The Balaban J connectivity index is 1.31. The highest BCUT2D eigenvalue weighted by Gasteiger charge is 2.54. The van der Waals surface area contributed by atoms with Crippen LogP contribution in [-0.4, -0.2) is 193 Å². The third kappa shape index (κ3) is 49.2.